The lowest BCUT2D eigenvalue weighted by molar-refractivity contribution is -0.121. The Bertz CT molecular complexity index is 1610. The average molecular weight is 468 g/mol. The smallest absolute Gasteiger partial charge is 0.271 e. The number of hydrazone groups is 1. The molecule has 0 aliphatic carbocycles. The molecule has 34 heavy (non-hydrogen) atoms. The number of rotatable bonds is 5. The molecule has 0 aliphatic heterocycles. The first-order valence-electron chi connectivity index (χ1n) is 10.5. The summed E-state index contributed by atoms with van der Waals surface area (Å²) in [5.41, 5.74) is 4.89. The van der Waals surface area contributed by atoms with Gasteiger partial charge in [-0.1, -0.05) is 78.3 Å². The molecule has 5 rings (SSSR count). The van der Waals surface area contributed by atoms with Crippen molar-refractivity contribution in [3.8, 4) is 11.3 Å². The van der Waals surface area contributed by atoms with Crippen molar-refractivity contribution >= 4 is 45.4 Å². The predicted molar refractivity (Wildman–Crippen MR) is 134 cm³/mol. The summed E-state index contributed by atoms with van der Waals surface area (Å²) in [6, 6.07) is 26.1. The van der Waals surface area contributed by atoms with Gasteiger partial charge in [-0.3, -0.25) is 9.59 Å². The van der Waals surface area contributed by atoms with Crippen LogP contribution in [0.1, 0.15) is 5.56 Å². The van der Waals surface area contributed by atoms with Gasteiger partial charge in [0, 0.05) is 21.9 Å². The van der Waals surface area contributed by atoms with E-state index in [0.717, 1.165) is 26.5 Å². The lowest BCUT2D eigenvalue weighted by Gasteiger charge is -2.10. The third-order valence-electron chi connectivity index (χ3n) is 5.31. The van der Waals surface area contributed by atoms with Crippen molar-refractivity contribution in [2.75, 3.05) is 0 Å². The molecule has 8 heteroatoms. The average Bonchev–Trinajstić information content (AvgIpc) is 2.86. The van der Waals surface area contributed by atoms with Crippen LogP contribution in [-0.2, 0) is 11.3 Å². The van der Waals surface area contributed by atoms with Gasteiger partial charge >= 0.3 is 0 Å². The first-order chi connectivity index (χ1) is 16.6. The van der Waals surface area contributed by atoms with Crippen molar-refractivity contribution in [2.45, 2.75) is 6.54 Å². The van der Waals surface area contributed by atoms with Gasteiger partial charge in [0.1, 0.15) is 11.7 Å². The topological polar surface area (TPSA) is 89.2 Å². The summed E-state index contributed by atoms with van der Waals surface area (Å²) in [4.78, 5) is 29.9. The minimum Gasteiger partial charge on any atom is -0.271 e. The molecule has 0 atom stereocenters. The highest BCUT2D eigenvalue weighted by Gasteiger charge is 2.14. The summed E-state index contributed by atoms with van der Waals surface area (Å²) in [7, 11) is 0. The van der Waals surface area contributed by atoms with Gasteiger partial charge in [-0.15, -0.1) is 0 Å². The number of nitrogens with one attached hydrogen (secondary N) is 1. The highest BCUT2D eigenvalue weighted by molar-refractivity contribution is 6.32. The van der Waals surface area contributed by atoms with Crippen molar-refractivity contribution in [1.82, 2.24) is 20.2 Å². The Morgan fingerprint density at radius 1 is 0.971 bits per heavy atom. The molecule has 5 aromatic rings. The number of nitrogens with zero attached hydrogens (tertiary/aromatic N) is 4. The van der Waals surface area contributed by atoms with Crippen LogP contribution in [0.4, 0.5) is 0 Å². The number of benzene rings is 3. The zero-order valence-corrected chi connectivity index (χ0v) is 18.6. The quantitative estimate of drug-likeness (QED) is 0.235. The Balaban J connectivity index is 1.40. The largest absolute Gasteiger partial charge is 0.275 e. The molecule has 0 saturated carbocycles. The minimum absolute atomic E-state index is 0.275. The van der Waals surface area contributed by atoms with E-state index in [1.165, 1.54) is 6.21 Å². The van der Waals surface area contributed by atoms with E-state index in [9.17, 15) is 9.59 Å². The maximum absolute atomic E-state index is 13.0. The predicted octanol–water partition coefficient (Wildman–Crippen LogP) is 4.42. The minimum atomic E-state index is -0.495. The number of amides is 1. The molecule has 0 unspecified atom stereocenters. The van der Waals surface area contributed by atoms with E-state index in [4.69, 9.17) is 11.6 Å². The second-order valence-electron chi connectivity index (χ2n) is 7.58. The molecular formula is C26H18ClN5O2. The molecule has 3 aromatic carbocycles. The van der Waals surface area contributed by atoms with Crippen molar-refractivity contribution in [2.24, 2.45) is 5.10 Å². The number of carbonyl (C=O) groups excluding carboxylic acids is 1. The van der Waals surface area contributed by atoms with Crippen LogP contribution in [0, 0.1) is 0 Å². The van der Waals surface area contributed by atoms with Crippen LogP contribution in [0.3, 0.4) is 0 Å². The molecule has 2 aromatic heterocycles. The van der Waals surface area contributed by atoms with Gasteiger partial charge in [0.25, 0.3) is 11.5 Å². The molecule has 2 heterocycles. The third-order valence-corrected chi connectivity index (χ3v) is 5.61. The number of para-hydroxylation sites is 1. The van der Waals surface area contributed by atoms with Crippen molar-refractivity contribution in [3.63, 3.8) is 0 Å². The van der Waals surface area contributed by atoms with Gasteiger partial charge in [0.05, 0.1) is 22.8 Å². The number of halogens is 1. The maximum atomic E-state index is 13.0. The zero-order valence-electron chi connectivity index (χ0n) is 17.9. The van der Waals surface area contributed by atoms with E-state index in [-0.39, 0.29) is 17.3 Å². The Kier molecular flexibility index (Phi) is 5.84. The molecule has 0 spiro atoms. The number of fused-ring (bicyclic) bond motifs is 2. The van der Waals surface area contributed by atoms with Crippen molar-refractivity contribution in [3.05, 3.63) is 106 Å². The first kappa shape index (κ1) is 21.5. The lowest BCUT2D eigenvalue weighted by Crippen LogP contribution is -2.32. The fourth-order valence-corrected chi connectivity index (χ4v) is 3.89. The summed E-state index contributed by atoms with van der Waals surface area (Å²) in [5, 5.41) is 10.9. The summed E-state index contributed by atoms with van der Waals surface area (Å²) in [5.74, 6) is -0.495. The fourth-order valence-electron chi connectivity index (χ4n) is 3.70. The molecule has 7 nitrogen and oxygen atoms in total. The standard InChI is InChI=1S/C26H18ClN5O2/c27-25-19(14-18-10-4-7-13-22(18)29-25)15-28-30-23(33)16-32-26(34)21-12-6-5-11-20(21)24(31-32)17-8-2-1-3-9-17/h1-15H,16H2,(H,30,33)/b28-15+. The van der Waals surface area contributed by atoms with Gasteiger partial charge in [0.2, 0.25) is 0 Å². The Morgan fingerprint density at radius 2 is 1.68 bits per heavy atom. The summed E-state index contributed by atoms with van der Waals surface area (Å²) < 4.78 is 1.15. The zero-order chi connectivity index (χ0) is 23.5. The van der Waals surface area contributed by atoms with E-state index in [0.29, 0.717) is 16.6 Å². The number of aromatic nitrogens is 3. The van der Waals surface area contributed by atoms with Crippen molar-refractivity contribution < 1.29 is 4.79 Å². The lowest BCUT2D eigenvalue weighted by atomic mass is 10.1. The Labute approximate surface area is 199 Å². The molecule has 0 fully saturated rings. The third kappa shape index (κ3) is 4.29. The van der Waals surface area contributed by atoms with Crippen LogP contribution < -0.4 is 11.0 Å². The first-order valence-corrected chi connectivity index (χ1v) is 10.9. The van der Waals surface area contributed by atoms with Crippen LogP contribution in [-0.4, -0.2) is 26.9 Å². The molecule has 166 valence electrons. The van der Waals surface area contributed by atoms with Crippen LogP contribution in [0.15, 0.2) is 94.8 Å². The van der Waals surface area contributed by atoms with Gasteiger partial charge < -0.3 is 0 Å². The highest BCUT2D eigenvalue weighted by Crippen LogP contribution is 2.24. The van der Waals surface area contributed by atoms with Crippen LogP contribution in [0.25, 0.3) is 32.9 Å². The number of hydrogen-bond donors (Lipinski definition) is 1. The van der Waals surface area contributed by atoms with Gasteiger partial charge in [-0.05, 0) is 18.2 Å². The van der Waals surface area contributed by atoms with E-state index >= 15 is 0 Å². The summed E-state index contributed by atoms with van der Waals surface area (Å²) in [6.45, 7) is -0.287. The van der Waals surface area contributed by atoms with Gasteiger partial charge in [-0.25, -0.2) is 15.1 Å². The second kappa shape index (κ2) is 9.25. The molecule has 0 bridgehead atoms. The SMILES string of the molecule is O=C(Cn1nc(-c2ccccc2)c2ccccc2c1=O)N/N=C/c1cc2ccccc2nc1Cl. The Hall–Kier alpha value is -4.36. The van der Waals surface area contributed by atoms with Gasteiger partial charge in [-0.2, -0.15) is 10.2 Å². The number of hydrogen-bond acceptors (Lipinski definition) is 5. The molecule has 1 N–H and O–H groups in total. The monoisotopic (exact) mass is 467 g/mol. The van der Waals surface area contributed by atoms with Gasteiger partial charge in [0.15, 0.2) is 0 Å². The van der Waals surface area contributed by atoms with Crippen LogP contribution in [0.2, 0.25) is 5.15 Å². The van der Waals surface area contributed by atoms with Crippen LogP contribution in [0.5, 0.6) is 0 Å². The van der Waals surface area contributed by atoms with E-state index in [2.05, 4.69) is 20.6 Å². The molecule has 0 saturated heterocycles. The van der Waals surface area contributed by atoms with E-state index < -0.39 is 5.91 Å². The summed E-state index contributed by atoms with van der Waals surface area (Å²) >= 11 is 6.23. The molecule has 1 amide bonds. The maximum Gasteiger partial charge on any atom is 0.275 e. The second-order valence-corrected chi connectivity index (χ2v) is 7.94. The molecule has 0 radical (unpaired) electrons. The number of carbonyl (C=O) groups is 1. The Morgan fingerprint density at radius 3 is 2.50 bits per heavy atom. The summed E-state index contributed by atoms with van der Waals surface area (Å²) in [6.07, 6.45) is 1.42. The molecule has 0 aliphatic rings. The van der Waals surface area contributed by atoms with E-state index in [1.54, 1.807) is 12.1 Å². The fraction of sp³-hybridized carbons (Fsp3) is 0.0385. The van der Waals surface area contributed by atoms with Crippen molar-refractivity contribution in [1.29, 1.82) is 0 Å². The van der Waals surface area contributed by atoms with E-state index in [1.807, 2.05) is 72.8 Å². The van der Waals surface area contributed by atoms with Crippen LogP contribution >= 0.6 is 11.6 Å². The molecular weight excluding hydrogens is 450 g/mol. The highest BCUT2D eigenvalue weighted by atomic mass is 35.5. The number of pyridine rings is 1. The normalized spacial score (nSPS) is 11.3.